The topological polar surface area (TPSA) is 84.4 Å². The van der Waals surface area contributed by atoms with Crippen LogP contribution in [0.25, 0.3) is 11.5 Å². The molecule has 2 aromatic heterocycles. The lowest BCUT2D eigenvalue weighted by Crippen LogP contribution is -2.32. The van der Waals surface area contributed by atoms with Gasteiger partial charge in [-0.3, -0.25) is 9.69 Å². The van der Waals surface area contributed by atoms with E-state index in [1.807, 2.05) is 36.4 Å². The predicted octanol–water partition coefficient (Wildman–Crippen LogP) is 3.81. The molecule has 3 heterocycles. The van der Waals surface area contributed by atoms with Gasteiger partial charge in [-0.1, -0.05) is 29.8 Å². The van der Waals surface area contributed by atoms with Crippen molar-refractivity contribution in [1.82, 2.24) is 20.4 Å². The number of rotatable bonds is 6. The van der Waals surface area contributed by atoms with Crippen molar-refractivity contribution in [1.29, 1.82) is 0 Å². The van der Waals surface area contributed by atoms with Gasteiger partial charge in [0, 0.05) is 5.56 Å². The third-order valence-corrected chi connectivity index (χ3v) is 5.10. The average Bonchev–Trinajstić information content (AvgIpc) is 3.43. The molecule has 0 saturated carbocycles. The monoisotopic (exact) mass is 380 g/mol. The maximum Gasteiger partial charge on any atom is 0.287 e. The molecular weight excluding hydrogens is 356 g/mol. The van der Waals surface area contributed by atoms with Crippen molar-refractivity contribution in [2.75, 3.05) is 13.1 Å². The van der Waals surface area contributed by atoms with E-state index in [9.17, 15) is 4.79 Å². The molecule has 0 spiro atoms. The molecule has 1 aliphatic rings. The number of hydrogen-bond acceptors (Lipinski definition) is 6. The average molecular weight is 380 g/mol. The third-order valence-electron chi connectivity index (χ3n) is 5.10. The highest BCUT2D eigenvalue weighted by Gasteiger charge is 2.22. The second-order valence-corrected chi connectivity index (χ2v) is 7.04. The summed E-state index contributed by atoms with van der Waals surface area (Å²) in [5.41, 5.74) is 0.843. The van der Waals surface area contributed by atoms with Crippen molar-refractivity contribution in [3.63, 3.8) is 0 Å². The molecule has 1 aromatic carbocycles. The van der Waals surface area contributed by atoms with Gasteiger partial charge in [0.15, 0.2) is 11.6 Å². The smallest absolute Gasteiger partial charge is 0.287 e. The zero-order chi connectivity index (χ0) is 19.3. The summed E-state index contributed by atoms with van der Waals surface area (Å²) >= 11 is 0. The molecule has 7 heteroatoms. The maximum absolute atomic E-state index is 12.4. The Bertz CT molecular complexity index is 913. The molecule has 0 radical (unpaired) electrons. The molecule has 4 rings (SSSR count). The van der Waals surface area contributed by atoms with E-state index >= 15 is 0 Å². The van der Waals surface area contributed by atoms with Gasteiger partial charge in [0.25, 0.3) is 11.8 Å². The minimum atomic E-state index is -0.289. The number of nitrogens with zero attached hydrogens (tertiary/aromatic N) is 3. The first kappa shape index (κ1) is 18.4. The number of benzene rings is 1. The molecule has 1 N–H and O–H groups in total. The molecule has 1 fully saturated rings. The van der Waals surface area contributed by atoms with Crippen LogP contribution in [0.1, 0.15) is 54.4 Å². The first-order valence-electron chi connectivity index (χ1n) is 9.71. The van der Waals surface area contributed by atoms with Crippen molar-refractivity contribution < 1.29 is 13.7 Å². The predicted molar refractivity (Wildman–Crippen MR) is 103 cm³/mol. The second kappa shape index (κ2) is 8.39. The minimum absolute atomic E-state index is 0.173. The number of amides is 1. The van der Waals surface area contributed by atoms with E-state index in [4.69, 9.17) is 8.94 Å². The number of carbonyl (C=O) groups excluding carboxylic acids is 1. The number of aromatic nitrogens is 2. The van der Waals surface area contributed by atoms with E-state index in [1.165, 1.54) is 19.3 Å². The molecule has 0 aliphatic carbocycles. The summed E-state index contributed by atoms with van der Waals surface area (Å²) in [6.45, 7) is 4.44. The van der Waals surface area contributed by atoms with Gasteiger partial charge in [0.2, 0.25) is 0 Å². The summed E-state index contributed by atoms with van der Waals surface area (Å²) in [5.74, 6) is 1.67. The maximum atomic E-state index is 12.4. The van der Waals surface area contributed by atoms with E-state index in [0.29, 0.717) is 17.5 Å². The van der Waals surface area contributed by atoms with Crippen LogP contribution in [0.15, 0.2) is 51.4 Å². The summed E-state index contributed by atoms with van der Waals surface area (Å²) in [5, 5.41) is 6.70. The molecule has 0 bridgehead atoms. The number of hydrogen-bond donors (Lipinski definition) is 1. The van der Waals surface area contributed by atoms with Crippen LogP contribution in [-0.4, -0.2) is 34.0 Å². The van der Waals surface area contributed by atoms with Gasteiger partial charge in [-0.2, -0.15) is 4.98 Å². The van der Waals surface area contributed by atoms with Gasteiger partial charge < -0.3 is 14.3 Å². The van der Waals surface area contributed by atoms with Gasteiger partial charge in [0.1, 0.15) is 5.76 Å². The molecular formula is C21H24N4O3. The largest absolute Gasteiger partial charge is 0.454 e. The van der Waals surface area contributed by atoms with E-state index in [-0.39, 0.29) is 18.5 Å². The van der Waals surface area contributed by atoms with Gasteiger partial charge >= 0.3 is 0 Å². The Balaban J connectivity index is 1.34. The highest BCUT2D eigenvalue weighted by molar-refractivity contribution is 5.91. The highest BCUT2D eigenvalue weighted by atomic mass is 16.5. The first-order valence-corrected chi connectivity index (χ1v) is 9.71. The highest BCUT2D eigenvalue weighted by Crippen LogP contribution is 2.25. The number of carbonyl (C=O) groups is 1. The Labute approximate surface area is 163 Å². The Kier molecular flexibility index (Phi) is 5.53. The first-order chi connectivity index (χ1) is 13.7. The Morgan fingerprint density at radius 2 is 1.93 bits per heavy atom. The van der Waals surface area contributed by atoms with E-state index in [1.54, 1.807) is 6.07 Å². The Hall–Kier alpha value is -2.93. The molecule has 146 valence electrons. The number of furan rings is 1. The van der Waals surface area contributed by atoms with E-state index in [2.05, 4.69) is 27.3 Å². The van der Waals surface area contributed by atoms with E-state index < -0.39 is 0 Å². The molecule has 1 aliphatic heterocycles. The van der Waals surface area contributed by atoms with Gasteiger partial charge in [-0.15, -0.1) is 0 Å². The zero-order valence-electron chi connectivity index (χ0n) is 15.9. The van der Waals surface area contributed by atoms with Crippen molar-refractivity contribution >= 4 is 5.91 Å². The molecule has 1 atom stereocenters. The zero-order valence-corrected chi connectivity index (χ0v) is 15.9. The SMILES string of the molecule is CC(c1ccc(C(=O)NCc2noc(-c3ccccc3)n2)o1)N1CCCCC1. The fourth-order valence-electron chi connectivity index (χ4n) is 3.46. The lowest BCUT2D eigenvalue weighted by molar-refractivity contribution is 0.0912. The minimum Gasteiger partial charge on any atom is -0.454 e. The van der Waals surface area contributed by atoms with Crippen LogP contribution >= 0.6 is 0 Å². The second-order valence-electron chi connectivity index (χ2n) is 7.04. The Morgan fingerprint density at radius 1 is 1.14 bits per heavy atom. The lowest BCUT2D eigenvalue weighted by atomic mass is 10.1. The molecule has 1 saturated heterocycles. The van der Waals surface area contributed by atoms with Crippen molar-refractivity contribution in [2.24, 2.45) is 0 Å². The molecule has 1 unspecified atom stereocenters. The fraction of sp³-hybridized carbons (Fsp3) is 0.381. The standard InChI is InChI=1S/C21H24N4O3/c1-15(25-12-6-3-7-13-25)17-10-11-18(27-17)20(26)22-14-19-23-21(28-24-19)16-8-4-2-5-9-16/h2,4-5,8-11,15H,3,6-7,12-14H2,1H3,(H,22,26). The molecule has 3 aromatic rings. The quantitative estimate of drug-likeness (QED) is 0.700. The van der Waals surface area contributed by atoms with Crippen LogP contribution in [0.2, 0.25) is 0 Å². The number of nitrogens with one attached hydrogen (secondary N) is 1. The van der Waals surface area contributed by atoms with Crippen LogP contribution in [0.3, 0.4) is 0 Å². The summed E-state index contributed by atoms with van der Waals surface area (Å²) in [6, 6.07) is 13.3. The van der Waals surface area contributed by atoms with Crippen LogP contribution in [0.5, 0.6) is 0 Å². The van der Waals surface area contributed by atoms with Crippen LogP contribution in [0, 0.1) is 0 Å². The fourth-order valence-corrected chi connectivity index (χ4v) is 3.46. The van der Waals surface area contributed by atoms with E-state index in [0.717, 1.165) is 24.4 Å². The van der Waals surface area contributed by atoms with Gasteiger partial charge in [-0.05, 0) is 57.1 Å². The van der Waals surface area contributed by atoms with Crippen molar-refractivity contribution in [3.8, 4) is 11.5 Å². The summed E-state index contributed by atoms with van der Waals surface area (Å²) in [7, 11) is 0. The number of piperidine rings is 1. The van der Waals surface area contributed by atoms with Crippen molar-refractivity contribution in [2.45, 2.75) is 38.8 Å². The molecule has 7 nitrogen and oxygen atoms in total. The van der Waals surface area contributed by atoms with Crippen LogP contribution < -0.4 is 5.32 Å². The normalized spacial score (nSPS) is 16.0. The van der Waals surface area contributed by atoms with Gasteiger partial charge in [0.05, 0.1) is 12.6 Å². The van der Waals surface area contributed by atoms with Crippen molar-refractivity contribution in [3.05, 3.63) is 59.8 Å². The van der Waals surface area contributed by atoms with Crippen LogP contribution in [0.4, 0.5) is 0 Å². The Morgan fingerprint density at radius 3 is 2.71 bits per heavy atom. The summed E-state index contributed by atoms with van der Waals surface area (Å²) < 4.78 is 11.1. The lowest BCUT2D eigenvalue weighted by Gasteiger charge is -2.31. The van der Waals surface area contributed by atoms with Crippen LogP contribution in [-0.2, 0) is 6.54 Å². The third kappa shape index (κ3) is 4.14. The van der Waals surface area contributed by atoms with Gasteiger partial charge in [-0.25, -0.2) is 0 Å². The molecule has 28 heavy (non-hydrogen) atoms. The molecule has 1 amide bonds. The number of likely N-dealkylation sites (tertiary alicyclic amines) is 1. The summed E-state index contributed by atoms with van der Waals surface area (Å²) in [4.78, 5) is 19.1. The summed E-state index contributed by atoms with van der Waals surface area (Å²) in [6.07, 6.45) is 3.72.